The maximum atomic E-state index is 12.1. The van der Waals surface area contributed by atoms with Gasteiger partial charge in [-0.05, 0) is 71.1 Å². The van der Waals surface area contributed by atoms with Gasteiger partial charge in [-0.2, -0.15) is 0 Å². The molecule has 0 amide bonds. The summed E-state index contributed by atoms with van der Waals surface area (Å²) in [5, 5.41) is 0.995. The van der Waals surface area contributed by atoms with Gasteiger partial charge >= 0.3 is 5.97 Å². The van der Waals surface area contributed by atoms with E-state index in [9.17, 15) is 4.79 Å². The molecule has 2 aromatic rings. The van der Waals surface area contributed by atoms with Gasteiger partial charge in [0.05, 0.1) is 24.1 Å². The van der Waals surface area contributed by atoms with Crippen molar-refractivity contribution in [1.82, 2.24) is 0 Å². The van der Waals surface area contributed by atoms with Crippen LogP contribution in [-0.2, 0) is 9.53 Å². The Bertz CT molecular complexity index is 749. The molecule has 134 valence electrons. The van der Waals surface area contributed by atoms with Gasteiger partial charge in [-0.15, -0.1) is 0 Å². The molecule has 1 unspecified atom stereocenters. The van der Waals surface area contributed by atoms with Gasteiger partial charge in [-0.1, -0.05) is 35.3 Å². The summed E-state index contributed by atoms with van der Waals surface area (Å²) in [5.41, 5.74) is 1.87. The molecule has 0 radical (unpaired) electrons. The first-order chi connectivity index (χ1) is 11.9. The van der Waals surface area contributed by atoms with Crippen molar-refractivity contribution in [2.24, 2.45) is 0 Å². The second-order valence-electron chi connectivity index (χ2n) is 5.67. The number of carbonyl (C=O) groups is 1. The summed E-state index contributed by atoms with van der Waals surface area (Å²) >= 11 is 15.7. The minimum Gasteiger partial charge on any atom is -0.492 e. The molecule has 2 aromatic carbocycles. The minimum atomic E-state index is -0.445. The van der Waals surface area contributed by atoms with E-state index in [2.05, 4.69) is 15.9 Å². The molecule has 0 spiro atoms. The molecule has 25 heavy (non-hydrogen) atoms. The fraction of sp³-hybridized carbons (Fsp3) is 0.316. The van der Waals surface area contributed by atoms with Crippen molar-refractivity contribution < 1.29 is 14.3 Å². The zero-order valence-electron chi connectivity index (χ0n) is 14.0. The molecule has 2 rings (SSSR count). The predicted molar refractivity (Wildman–Crippen MR) is 105 cm³/mol. The van der Waals surface area contributed by atoms with Gasteiger partial charge < -0.3 is 9.47 Å². The van der Waals surface area contributed by atoms with Crippen LogP contribution >= 0.6 is 39.1 Å². The van der Waals surface area contributed by atoms with Gasteiger partial charge in [0.15, 0.2) is 0 Å². The van der Waals surface area contributed by atoms with E-state index in [1.807, 2.05) is 25.1 Å². The van der Waals surface area contributed by atoms with Crippen molar-refractivity contribution in [3.05, 3.63) is 62.0 Å². The molecule has 0 saturated carbocycles. The first-order valence-corrected chi connectivity index (χ1v) is 9.39. The average molecular weight is 446 g/mol. The van der Waals surface area contributed by atoms with Crippen LogP contribution in [0.25, 0.3) is 0 Å². The standard InChI is InChI=1S/C19H19BrCl2O3/c1-12-5-8-18(16(20)10-12)25-9-3-4-15(19(23)24-2)14-7-6-13(21)11-17(14)22/h5-8,10-11,15H,3-4,9H2,1-2H3. The summed E-state index contributed by atoms with van der Waals surface area (Å²) in [6, 6.07) is 11.0. The predicted octanol–water partition coefficient (Wildman–Crippen LogP) is 6.18. The highest BCUT2D eigenvalue weighted by Crippen LogP contribution is 2.32. The van der Waals surface area contributed by atoms with Crippen molar-refractivity contribution in [1.29, 1.82) is 0 Å². The molecule has 0 N–H and O–H groups in total. The number of methoxy groups -OCH3 is 1. The van der Waals surface area contributed by atoms with Crippen LogP contribution < -0.4 is 4.74 Å². The number of ether oxygens (including phenoxy) is 2. The highest BCUT2D eigenvalue weighted by Gasteiger charge is 2.23. The third kappa shape index (κ3) is 5.63. The highest BCUT2D eigenvalue weighted by molar-refractivity contribution is 9.10. The number of aryl methyl sites for hydroxylation is 1. The van der Waals surface area contributed by atoms with Gasteiger partial charge in [-0.3, -0.25) is 4.79 Å². The van der Waals surface area contributed by atoms with E-state index in [0.29, 0.717) is 29.5 Å². The van der Waals surface area contributed by atoms with E-state index in [4.69, 9.17) is 32.7 Å². The quantitative estimate of drug-likeness (QED) is 0.377. The fourth-order valence-electron chi connectivity index (χ4n) is 2.52. The summed E-state index contributed by atoms with van der Waals surface area (Å²) in [4.78, 5) is 12.1. The van der Waals surface area contributed by atoms with Crippen LogP contribution in [0.15, 0.2) is 40.9 Å². The van der Waals surface area contributed by atoms with Crippen molar-refractivity contribution in [2.75, 3.05) is 13.7 Å². The third-order valence-corrected chi connectivity index (χ3v) is 4.99. The third-order valence-electron chi connectivity index (χ3n) is 3.81. The zero-order valence-corrected chi connectivity index (χ0v) is 17.1. The molecule has 0 aliphatic rings. The molecule has 1 atom stereocenters. The average Bonchev–Trinajstić information content (AvgIpc) is 2.57. The number of esters is 1. The molecule has 0 aliphatic carbocycles. The lowest BCUT2D eigenvalue weighted by Gasteiger charge is -2.17. The van der Waals surface area contributed by atoms with E-state index < -0.39 is 5.92 Å². The van der Waals surface area contributed by atoms with Crippen LogP contribution in [0, 0.1) is 6.92 Å². The van der Waals surface area contributed by atoms with Crippen LogP contribution in [0.1, 0.15) is 29.9 Å². The Kier molecular flexibility index (Phi) is 7.60. The number of hydrogen-bond acceptors (Lipinski definition) is 3. The molecule has 0 bridgehead atoms. The SMILES string of the molecule is COC(=O)C(CCCOc1ccc(C)cc1Br)c1ccc(Cl)cc1Cl. The number of rotatable bonds is 7. The van der Waals surface area contributed by atoms with Gasteiger partial charge in [0.2, 0.25) is 0 Å². The van der Waals surface area contributed by atoms with Gasteiger partial charge in [0.25, 0.3) is 0 Å². The Morgan fingerprint density at radius 1 is 1.20 bits per heavy atom. The topological polar surface area (TPSA) is 35.5 Å². The van der Waals surface area contributed by atoms with Crippen LogP contribution in [-0.4, -0.2) is 19.7 Å². The lowest BCUT2D eigenvalue weighted by atomic mass is 9.94. The van der Waals surface area contributed by atoms with E-state index in [-0.39, 0.29) is 5.97 Å². The Morgan fingerprint density at radius 3 is 2.60 bits per heavy atom. The molecule has 0 heterocycles. The molecule has 3 nitrogen and oxygen atoms in total. The molecule has 0 fully saturated rings. The Hall–Kier alpha value is -1.23. The van der Waals surface area contributed by atoms with E-state index >= 15 is 0 Å². The highest BCUT2D eigenvalue weighted by atomic mass is 79.9. The zero-order chi connectivity index (χ0) is 18.4. The largest absolute Gasteiger partial charge is 0.492 e. The van der Waals surface area contributed by atoms with Gasteiger partial charge in [-0.25, -0.2) is 0 Å². The van der Waals surface area contributed by atoms with E-state index in [1.165, 1.54) is 7.11 Å². The van der Waals surface area contributed by atoms with Crippen LogP contribution in [0.4, 0.5) is 0 Å². The first kappa shape index (κ1) is 20.1. The number of carbonyl (C=O) groups excluding carboxylic acids is 1. The maximum Gasteiger partial charge on any atom is 0.313 e. The molecule has 0 aliphatic heterocycles. The van der Waals surface area contributed by atoms with Crippen molar-refractivity contribution in [2.45, 2.75) is 25.7 Å². The van der Waals surface area contributed by atoms with Gasteiger partial charge in [0.1, 0.15) is 5.75 Å². The first-order valence-electron chi connectivity index (χ1n) is 7.84. The van der Waals surface area contributed by atoms with Crippen molar-refractivity contribution >= 4 is 45.1 Å². The maximum absolute atomic E-state index is 12.1. The second kappa shape index (κ2) is 9.46. The monoisotopic (exact) mass is 444 g/mol. The van der Waals surface area contributed by atoms with Crippen molar-refractivity contribution in [3.63, 3.8) is 0 Å². The molecular formula is C19H19BrCl2O3. The van der Waals surface area contributed by atoms with E-state index in [1.54, 1.807) is 18.2 Å². The smallest absolute Gasteiger partial charge is 0.313 e. The van der Waals surface area contributed by atoms with Crippen LogP contribution in [0.2, 0.25) is 10.0 Å². The molecular weight excluding hydrogens is 427 g/mol. The second-order valence-corrected chi connectivity index (χ2v) is 7.36. The molecule has 0 saturated heterocycles. The normalized spacial score (nSPS) is 11.9. The Morgan fingerprint density at radius 2 is 1.96 bits per heavy atom. The minimum absolute atomic E-state index is 0.319. The summed E-state index contributed by atoms with van der Waals surface area (Å²) in [7, 11) is 1.37. The van der Waals surface area contributed by atoms with Crippen molar-refractivity contribution in [3.8, 4) is 5.75 Å². The lowest BCUT2D eigenvalue weighted by molar-refractivity contribution is -0.142. The number of hydrogen-bond donors (Lipinski definition) is 0. The fourth-order valence-corrected chi connectivity index (χ4v) is 3.67. The van der Waals surface area contributed by atoms with Crippen LogP contribution in [0.5, 0.6) is 5.75 Å². The summed E-state index contributed by atoms with van der Waals surface area (Å²) in [5.74, 6) is 0.0188. The molecule has 0 aromatic heterocycles. The number of benzene rings is 2. The number of halogens is 3. The Labute approximate surface area is 166 Å². The molecule has 6 heteroatoms. The Balaban J connectivity index is 2.00. The van der Waals surface area contributed by atoms with Crippen LogP contribution in [0.3, 0.4) is 0 Å². The summed E-state index contributed by atoms with van der Waals surface area (Å²) in [6.45, 7) is 2.51. The van der Waals surface area contributed by atoms with E-state index in [0.717, 1.165) is 21.3 Å². The van der Waals surface area contributed by atoms with Gasteiger partial charge in [0, 0.05) is 10.0 Å². The lowest BCUT2D eigenvalue weighted by Crippen LogP contribution is -2.16. The summed E-state index contributed by atoms with van der Waals surface area (Å²) in [6.07, 6.45) is 1.25. The summed E-state index contributed by atoms with van der Waals surface area (Å²) < 4.78 is 11.6.